The van der Waals surface area contributed by atoms with Gasteiger partial charge in [-0.25, -0.2) is 13.2 Å². The summed E-state index contributed by atoms with van der Waals surface area (Å²) in [5, 5.41) is 0. The van der Waals surface area contributed by atoms with Crippen LogP contribution in [0.3, 0.4) is 0 Å². The first-order valence-electron chi connectivity index (χ1n) is 7.88. The zero-order valence-corrected chi connectivity index (χ0v) is 15.5. The smallest absolute Gasteiger partial charge is 0.328 e. The van der Waals surface area contributed by atoms with Gasteiger partial charge in [-0.05, 0) is 42.5 Å². The van der Waals surface area contributed by atoms with Gasteiger partial charge in [-0.2, -0.15) is 0 Å². The van der Waals surface area contributed by atoms with Crippen LogP contribution in [0.1, 0.15) is 0 Å². The van der Waals surface area contributed by atoms with Crippen molar-refractivity contribution in [1.82, 2.24) is 9.13 Å². The molecule has 142 valence electrons. The van der Waals surface area contributed by atoms with Gasteiger partial charge in [0, 0.05) is 19.8 Å². The number of fused-ring (bicyclic) bond motifs is 1. The molecule has 0 spiro atoms. The first-order chi connectivity index (χ1) is 12.7. The molecule has 0 saturated heterocycles. The molecule has 2 aromatic carbocycles. The van der Waals surface area contributed by atoms with Gasteiger partial charge in [-0.3, -0.25) is 18.7 Å². The molecule has 1 heterocycles. The third kappa shape index (κ3) is 3.65. The number of hydrogen-bond donors (Lipinski definition) is 2. The topological polar surface area (TPSA) is 125 Å². The van der Waals surface area contributed by atoms with Gasteiger partial charge in [0.05, 0.1) is 15.9 Å². The molecule has 1 amide bonds. The summed E-state index contributed by atoms with van der Waals surface area (Å²) in [5.41, 5.74) is 6.24. The Morgan fingerprint density at radius 1 is 1.07 bits per heavy atom. The van der Waals surface area contributed by atoms with Gasteiger partial charge in [-0.1, -0.05) is 0 Å². The summed E-state index contributed by atoms with van der Waals surface area (Å²) in [7, 11) is -0.647. The van der Waals surface area contributed by atoms with Crippen molar-refractivity contribution < 1.29 is 17.9 Å². The highest BCUT2D eigenvalue weighted by molar-refractivity contribution is 7.92. The molecule has 0 saturated carbocycles. The van der Waals surface area contributed by atoms with E-state index in [1.165, 1.54) is 45.5 Å². The van der Waals surface area contributed by atoms with Crippen molar-refractivity contribution in [2.24, 2.45) is 19.8 Å². The number of aromatic nitrogens is 2. The molecule has 0 aliphatic heterocycles. The lowest BCUT2D eigenvalue weighted by molar-refractivity contribution is -0.119. The van der Waals surface area contributed by atoms with Crippen molar-refractivity contribution in [1.29, 1.82) is 0 Å². The molecule has 0 fully saturated rings. The number of primary amides is 1. The minimum absolute atomic E-state index is 0.0326. The van der Waals surface area contributed by atoms with Gasteiger partial charge >= 0.3 is 5.69 Å². The SMILES string of the molecule is Cn1c(=O)n(C)c2cc(S(=O)(=O)Nc3ccc(OCC(N)=O)cc3)ccc21. The van der Waals surface area contributed by atoms with E-state index in [0.29, 0.717) is 22.5 Å². The summed E-state index contributed by atoms with van der Waals surface area (Å²) in [4.78, 5) is 22.7. The normalized spacial score (nSPS) is 11.5. The molecule has 0 aliphatic carbocycles. The van der Waals surface area contributed by atoms with E-state index < -0.39 is 15.9 Å². The van der Waals surface area contributed by atoms with Crippen LogP contribution in [0.25, 0.3) is 11.0 Å². The fourth-order valence-electron chi connectivity index (χ4n) is 2.64. The summed E-state index contributed by atoms with van der Waals surface area (Å²) >= 11 is 0. The van der Waals surface area contributed by atoms with Gasteiger partial charge < -0.3 is 10.5 Å². The largest absolute Gasteiger partial charge is 0.484 e. The van der Waals surface area contributed by atoms with Crippen molar-refractivity contribution in [2.75, 3.05) is 11.3 Å². The second-order valence-electron chi connectivity index (χ2n) is 5.94. The number of hydrogen-bond acceptors (Lipinski definition) is 5. The van der Waals surface area contributed by atoms with E-state index in [1.54, 1.807) is 20.2 Å². The number of anilines is 1. The number of amides is 1. The lowest BCUT2D eigenvalue weighted by Crippen LogP contribution is -2.20. The van der Waals surface area contributed by atoms with Gasteiger partial charge in [0.15, 0.2) is 6.61 Å². The Balaban J connectivity index is 1.86. The summed E-state index contributed by atoms with van der Waals surface area (Å²) < 4.78 is 35.7. The van der Waals surface area contributed by atoms with Crippen molar-refractivity contribution in [2.45, 2.75) is 4.90 Å². The van der Waals surface area contributed by atoms with Gasteiger partial charge in [-0.15, -0.1) is 0 Å². The Hall–Kier alpha value is -3.27. The molecule has 9 nitrogen and oxygen atoms in total. The van der Waals surface area contributed by atoms with Crippen LogP contribution in [0, 0.1) is 0 Å². The molecule has 0 unspecified atom stereocenters. The number of benzene rings is 2. The minimum atomic E-state index is -3.85. The maximum atomic E-state index is 12.7. The van der Waals surface area contributed by atoms with E-state index in [1.807, 2.05) is 0 Å². The second-order valence-corrected chi connectivity index (χ2v) is 7.62. The third-order valence-electron chi connectivity index (χ3n) is 4.04. The molecule has 0 radical (unpaired) electrons. The van der Waals surface area contributed by atoms with Crippen molar-refractivity contribution >= 4 is 32.7 Å². The number of nitrogens with two attached hydrogens (primary N) is 1. The van der Waals surface area contributed by atoms with E-state index in [0.717, 1.165) is 0 Å². The van der Waals surface area contributed by atoms with Crippen LogP contribution in [0.15, 0.2) is 52.2 Å². The Bertz CT molecular complexity index is 1180. The van der Waals surface area contributed by atoms with Crippen molar-refractivity contribution in [3.8, 4) is 5.75 Å². The predicted molar refractivity (Wildman–Crippen MR) is 100 cm³/mol. The highest BCUT2D eigenvalue weighted by Gasteiger charge is 2.17. The van der Waals surface area contributed by atoms with Crippen LogP contribution in [-0.4, -0.2) is 30.1 Å². The number of nitrogens with one attached hydrogen (secondary N) is 1. The Labute approximate surface area is 155 Å². The number of rotatable bonds is 6. The van der Waals surface area contributed by atoms with Crippen LogP contribution < -0.4 is 20.9 Å². The highest BCUT2D eigenvalue weighted by Crippen LogP contribution is 2.22. The van der Waals surface area contributed by atoms with E-state index in [9.17, 15) is 18.0 Å². The predicted octanol–water partition coefficient (Wildman–Crippen LogP) is 0.542. The molecule has 0 aliphatic rings. The first kappa shape index (κ1) is 18.5. The minimum Gasteiger partial charge on any atom is -0.484 e. The van der Waals surface area contributed by atoms with Crippen molar-refractivity contribution in [3.63, 3.8) is 0 Å². The number of imidazole rings is 1. The summed E-state index contributed by atoms with van der Waals surface area (Å²) in [6, 6.07) is 10.5. The molecule has 0 bridgehead atoms. The molecule has 3 rings (SSSR count). The number of ether oxygens (including phenoxy) is 1. The fourth-order valence-corrected chi connectivity index (χ4v) is 3.72. The summed E-state index contributed by atoms with van der Waals surface area (Å²) in [6.45, 7) is -0.263. The molecule has 1 aromatic heterocycles. The maximum Gasteiger partial charge on any atom is 0.328 e. The molecule has 3 aromatic rings. The summed E-state index contributed by atoms with van der Waals surface area (Å²) in [5.74, 6) is -0.220. The molecule has 27 heavy (non-hydrogen) atoms. The molecular formula is C17H18N4O5S. The lowest BCUT2D eigenvalue weighted by Gasteiger charge is -2.10. The molecule has 0 atom stereocenters. The molecular weight excluding hydrogens is 372 g/mol. The molecule has 3 N–H and O–H groups in total. The second kappa shape index (κ2) is 6.80. The average Bonchev–Trinajstić information content (AvgIpc) is 2.85. The van der Waals surface area contributed by atoms with Crippen molar-refractivity contribution in [3.05, 3.63) is 52.9 Å². The van der Waals surface area contributed by atoms with E-state index in [-0.39, 0.29) is 17.2 Å². The fraction of sp³-hybridized carbons (Fsp3) is 0.176. The number of carbonyl (C=O) groups is 1. The average molecular weight is 390 g/mol. The quantitative estimate of drug-likeness (QED) is 0.635. The van der Waals surface area contributed by atoms with Gasteiger partial charge in [0.1, 0.15) is 5.75 Å². The lowest BCUT2D eigenvalue weighted by atomic mass is 10.3. The third-order valence-corrected chi connectivity index (χ3v) is 5.42. The van der Waals surface area contributed by atoms with Crippen LogP contribution in [-0.2, 0) is 28.9 Å². The van der Waals surface area contributed by atoms with Crippen LogP contribution in [0.4, 0.5) is 5.69 Å². The van der Waals surface area contributed by atoms with Crippen LogP contribution in [0.2, 0.25) is 0 Å². The van der Waals surface area contributed by atoms with Gasteiger partial charge in [0.25, 0.3) is 15.9 Å². The molecule has 10 heteroatoms. The van der Waals surface area contributed by atoms with Gasteiger partial charge in [0.2, 0.25) is 0 Å². The maximum absolute atomic E-state index is 12.7. The zero-order valence-electron chi connectivity index (χ0n) is 14.7. The first-order valence-corrected chi connectivity index (χ1v) is 9.37. The summed E-state index contributed by atoms with van der Waals surface area (Å²) in [6.07, 6.45) is 0. The monoisotopic (exact) mass is 390 g/mol. The Kier molecular flexibility index (Phi) is 4.66. The standard InChI is InChI=1S/C17H18N4O5S/c1-20-14-8-7-13(9-15(14)21(2)17(20)23)27(24,25)19-11-3-5-12(6-4-11)26-10-16(18)22/h3-9,19H,10H2,1-2H3,(H2,18,22). The Morgan fingerprint density at radius 3 is 2.33 bits per heavy atom. The van der Waals surface area contributed by atoms with E-state index >= 15 is 0 Å². The van der Waals surface area contributed by atoms with E-state index in [2.05, 4.69) is 4.72 Å². The van der Waals surface area contributed by atoms with Crippen LogP contribution in [0.5, 0.6) is 5.75 Å². The number of sulfonamides is 1. The highest BCUT2D eigenvalue weighted by atomic mass is 32.2. The number of aryl methyl sites for hydroxylation is 2. The van der Waals surface area contributed by atoms with Crippen LogP contribution >= 0.6 is 0 Å². The zero-order chi connectivity index (χ0) is 19.8. The Morgan fingerprint density at radius 2 is 1.70 bits per heavy atom. The number of nitrogens with zero attached hydrogens (tertiary/aromatic N) is 2. The number of carbonyl (C=O) groups excluding carboxylic acids is 1. The van der Waals surface area contributed by atoms with E-state index in [4.69, 9.17) is 10.5 Å².